The molecule has 0 radical (unpaired) electrons. The fourth-order valence-corrected chi connectivity index (χ4v) is 4.62. The van der Waals surface area contributed by atoms with Crippen molar-refractivity contribution in [1.29, 1.82) is 0 Å². The number of hydrogen-bond donors (Lipinski definition) is 0. The van der Waals surface area contributed by atoms with Crippen molar-refractivity contribution in [2.45, 2.75) is 38.7 Å². The van der Waals surface area contributed by atoms with Crippen LogP contribution in [0.5, 0.6) is 0 Å². The number of hydrogen-bond acceptors (Lipinski definition) is 0. The van der Waals surface area contributed by atoms with Gasteiger partial charge in [-0.05, 0) is 18.2 Å². The maximum absolute atomic E-state index is 13.1. The normalized spacial score (nSPS) is 15.2. The van der Waals surface area contributed by atoms with Crippen molar-refractivity contribution in [3.8, 4) is 0 Å². The third-order valence-corrected chi connectivity index (χ3v) is 6.24. The van der Waals surface area contributed by atoms with Gasteiger partial charge in [0.25, 0.3) is 0 Å². The van der Waals surface area contributed by atoms with E-state index in [0.29, 0.717) is 0 Å². The van der Waals surface area contributed by atoms with Crippen LogP contribution in [0.25, 0.3) is 0 Å². The maximum atomic E-state index is 13.1. The highest BCUT2D eigenvalue weighted by molar-refractivity contribution is 6.88. The molecule has 1 aromatic heterocycles. The molecule has 0 atom stereocenters. The minimum atomic E-state index is -4.85. The van der Waals surface area contributed by atoms with Crippen LogP contribution in [0.15, 0.2) is 30.3 Å². The van der Waals surface area contributed by atoms with Crippen LogP contribution in [0.3, 0.4) is 0 Å². The van der Waals surface area contributed by atoms with Gasteiger partial charge in [0.05, 0.1) is 19.2 Å². The largest absolute Gasteiger partial charge is 0.416 e. The lowest BCUT2D eigenvalue weighted by molar-refractivity contribution is -0.463. The Morgan fingerprint density at radius 3 is 1.88 bits per heavy atom. The van der Waals surface area contributed by atoms with Gasteiger partial charge in [0.1, 0.15) is 5.69 Å². The average molecular weight is 391 g/mol. The summed E-state index contributed by atoms with van der Waals surface area (Å²) in [6, 6.07) is 5.47. The van der Waals surface area contributed by atoms with Crippen LogP contribution < -0.4 is 5.32 Å². The van der Waals surface area contributed by atoms with Crippen molar-refractivity contribution in [3.63, 3.8) is 0 Å². The first-order valence-corrected chi connectivity index (χ1v) is 11.4. The summed E-state index contributed by atoms with van der Waals surface area (Å²) in [6.07, 6.45) is -8.12. The lowest BCUT2D eigenvalue weighted by Gasteiger charge is -2.17. The minimum Gasteiger partial charge on any atom is -0.288 e. The van der Waals surface area contributed by atoms with E-state index in [4.69, 9.17) is 0 Å². The van der Waals surface area contributed by atoms with E-state index in [1.807, 2.05) is 16.7 Å². The molecule has 0 N–H and O–H groups in total. The molecule has 0 aliphatic carbocycles. The van der Waals surface area contributed by atoms with Gasteiger partial charge in [-0.3, -0.25) is 4.57 Å². The number of aromatic nitrogens is 1. The molecule has 1 aliphatic rings. The van der Waals surface area contributed by atoms with Gasteiger partial charge in [-0.15, -0.1) is 0 Å². The first-order chi connectivity index (χ1) is 11.8. The standard InChI is InChI=1S/C17H17F6N2Si/c1-26(2,3)15-5-4-13-9-24(10-25(13)15)14-7-11(16(18,19)20)6-12(8-14)17(21,22)23/h4-9H,10H2,1-3H3/q+1. The second kappa shape index (κ2) is 5.73. The summed E-state index contributed by atoms with van der Waals surface area (Å²) >= 11 is 0. The van der Waals surface area contributed by atoms with Crippen molar-refractivity contribution in [2.24, 2.45) is 0 Å². The van der Waals surface area contributed by atoms with Crippen molar-refractivity contribution in [1.82, 2.24) is 4.57 Å². The Labute approximate surface area is 147 Å². The molecule has 0 amide bonds. The molecule has 0 bridgehead atoms. The Hall–Kier alpha value is -2.03. The van der Waals surface area contributed by atoms with Crippen molar-refractivity contribution >= 4 is 25.3 Å². The molecule has 0 saturated carbocycles. The Morgan fingerprint density at radius 1 is 0.885 bits per heavy atom. The molecule has 0 unspecified atom stereocenters. The number of rotatable bonds is 2. The van der Waals surface area contributed by atoms with Crippen LogP contribution in [0, 0.1) is 0 Å². The van der Waals surface area contributed by atoms with E-state index < -0.39 is 31.6 Å². The third-order valence-electron chi connectivity index (χ3n) is 4.27. The van der Waals surface area contributed by atoms with E-state index in [1.165, 1.54) is 4.58 Å². The number of nitrogens with zero attached hydrogens (tertiary/aromatic N) is 2. The molecule has 0 spiro atoms. The molecule has 26 heavy (non-hydrogen) atoms. The van der Waals surface area contributed by atoms with Crippen LogP contribution >= 0.6 is 0 Å². The third kappa shape index (κ3) is 3.44. The fourth-order valence-electron chi connectivity index (χ4n) is 3.02. The van der Waals surface area contributed by atoms with Crippen LogP contribution in [-0.4, -0.2) is 23.4 Å². The van der Waals surface area contributed by atoms with E-state index in [2.05, 4.69) is 19.6 Å². The molecular weight excluding hydrogens is 374 g/mol. The zero-order valence-corrected chi connectivity index (χ0v) is 15.3. The van der Waals surface area contributed by atoms with Gasteiger partial charge in [0.15, 0.2) is 6.21 Å². The van der Waals surface area contributed by atoms with Crippen LogP contribution in [0.1, 0.15) is 16.8 Å². The first kappa shape index (κ1) is 18.7. The molecule has 1 aliphatic heterocycles. The Kier molecular flexibility index (Phi) is 4.13. The fraction of sp³-hybridized carbons (Fsp3) is 0.353. The molecule has 2 nitrogen and oxygen atoms in total. The predicted octanol–water partition coefficient (Wildman–Crippen LogP) is 4.81. The number of benzene rings is 1. The first-order valence-electron chi connectivity index (χ1n) is 7.88. The summed E-state index contributed by atoms with van der Waals surface area (Å²) in [4.78, 5) is 0. The summed E-state index contributed by atoms with van der Waals surface area (Å²) in [5.41, 5.74) is -1.97. The van der Waals surface area contributed by atoms with Crippen molar-refractivity contribution in [3.05, 3.63) is 47.2 Å². The van der Waals surface area contributed by atoms with E-state index in [-0.39, 0.29) is 18.4 Å². The summed E-state index contributed by atoms with van der Waals surface area (Å²) < 4.78 is 81.7. The molecule has 1 aromatic carbocycles. The number of alkyl halides is 6. The molecular formula is C17H17F6N2Si+. The molecule has 9 heteroatoms. The van der Waals surface area contributed by atoms with Crippen LogP contribution in [0.2, 0.25) is 19.6 Å². The predicted molar refractivity (Wildman–Crippen MR) is 88.9 cm³/mol. The quantitative estimate of drug-likeness (QED) is 0.395. The average Bonchev–Trinajstić information content (AvgIpc) is 3.03. The van der Waals surface area contributed by atoms with Gasteiger partial charge in [-0.1, -0.05) is 19.6 Å². The second-order valence-corrected chi connectivity index (χ2v) is 12.3. The van der Waals surface area contributed by atoms with E-state index in [1.54, 1.807) is 6.21 Å². The van der Waals surface area contributed by atoms with Gasteiger partial charge in [-0.25, -0.2) is 0 Å². The zero-order valence-electron chi connectivity index (χ0n) is 14.3. The highest BCUT2D eigenvalue weighted by Crippen LogP contribution is 2.38. The zero-order chi connectivity index (χ0) is 19.5. The van der Waals surface area contributed by atoms with Gasteiger partial charge in [-0.2, -0.15) is 30.9 Å². The van der Waals surface area contributed by atoms with Gasteiger partial charge in [0.2, 0.25) is 12.4 Å². The SMILES string of the molecule is C[Si](C)(C)c1ccc2n1C[N+](c1cc(C(F)(F)F)cc(C(F)(F)F)c1)=C2. The van der Waals surface area contributed by atoms with Crippen LogP contribution in [0.4, 0.5) is 32.0 Å². The van der Waals surface area contributed by atoms with Crippen molar-refractivity contribution < 1.29 is 30.9 Å². The lowest BCUT2D eigenvalue weighted by Crippen LogP contribution is -2.43. The Balaban J connectivity index is 2.07. The molecule has 0 fully saturated rings. The van der Waals surface area contributed by atoms with Gasteiger partial charge >= 0.3 is 12.4 Å². The molecule has 2 aromatic rings. The summed E-state index contributed by atoms with van der Waals surface area (Å²) in [5, 5.41) is 1.09. The summed E-state index contributed by atoms with van der Waals surface area (Å²) in [5.74, 6) is 0. The summed E-state index contributed by atoms with van der Waals surface area (Å²) in [6.45, 7) is 6.58. The maximum Gasteiger partial charge on any atom is 0.416 e. The molecule has 2 heterocycles. The summed E-state index contributed by atoms with van der Waals surface area (Å²) in [7, 11) is -1.69. The lowest BCUT2D eigenvalue weighted by atomic mass is 10.1. The molecule has 0 saturated heterocycles. The smallest absolute Gasteiger partial charge is 0.288 e. The second-order valence-electron chi connectivity index (χ2n) is 7.33. The van der Waals surface area contributed by atoms with E-state index in [9.17, 15) is 26.3 Å². The van der Waals surface area contributed by atoms with Crippen molar-refractivity contribution in [2.75, 3.05) is 0 Å². The highest BCUT2D eigenvalue weighted by Gasteiger charge is 2.39. The van der Waals surface area contributed by atoms with Crippen LogP contribution in [-0.2, 0) is 19.0 Å². The molecule has 140 valence electrons. The van der Waals surface area contributed by atoms with Gasteiger partial charge in [0, 0.05) is 17.4 Å². The monoisotopic (exact) mass is 391 g/mol. The van der Waals surface area contributed by atoms with Gasteiger partial charge < -0.3 is 0 Å². The number of halogens is 6. The van der Waals surface area contributed by atoms with E-state index in [0.717, 1.165) is 23.1 Å². The van der Waals surface area contributed by atoms with E-state index >= 15 is 0 Å². The molecule has 3 rings (SSSR count). The minimum absolute atomic E-state index is 0.127. The number of fused-ring (bicyclic) bond motifs is 1. The highest BCUT2D eigenvalue weighted by atomic mass is 28.3. The Morgan fingerprint density at radius 2 is 1.42 bits per heavy atom. The Bertz CT molecular complexity index is 852. The topological polar surface area (TPSA) is 7.94 Å².